The van der Waals surface area contributed by atoms with Crippen LogP contribution in [0.15, 0.2) is 35.5 Å². The Labute approximate surface area is 197 Å². The second kappa shape index (κ2) is 10.5. The number of amides is 2. The van der Waals surface area contributed by atoms with E-state index in [1.807, 2.05) is 20.9 Å². The summed E-state index contributed by atoms with van der Waals surface area (Å²) >= 11 is 5.97. The first kappa shape index (κ1) is 24.3. The molecule has 9 nitrogen and oxygen atoms in total. The summed E-state index contributed by atoms with van der Waals surface area (Å²) in [5.74, 6) is -1.07. The van der Waals surface area contributed by atoms with E-state index in [4.69, 9.17) is 21.1 Å². The minimum absolute atomic E-state index is 0.141. The molecule has 2 heterocycles. The number of aromatic nitrogens is 2. The summed E-state index contributed by atoms with van der Waals surface area (Å²) in [7, 11) is 1.85. The molecule has 2 amide bonds. The van der Waals surface area contributed by atoms with E-state index in [1.54, 1.807) is 35.9 Å². The van der Waals surface area contributed by atoms with Gasteiger partial charge in [0.25, 0.3) is 0 Å². The standard InChI is InChI=1S/C23H27ClN4O5/c1-5-32-22(30)20-18(25-23(31)26-21(20)15-6-8-16(24)9-7-15)12-33-19(29)11-10-17-13(2)27-28(4)14(17)3/h6-9,21H,5,10-12H2,1-4H3,(H2,25,26,31)/t21-/m1/s1. The second-order valence-electron chi connectivity index (χ2n) is 7.63. The maximum Gasteiger partial charge on any atom is 0.338 e. The SMILES string of the molecule is CCOC(=O)C1=C(COC(=O)CCc2c(C)nn(C)c2C)NC(=O)N[C@@H]1c1ccc(Cl)cc1. The molecule has 1 aliphatic rings. The molecule has 0 fully saturated rings. The Morgan fingerprint density at radius 2 is 1.88 bits per heavy atom. The van der Waals surface area contributed by atoms with Crippen LogP contribution in [-0.2, 0) is 32.5 Å². The number of nitrogens with zero attached hydrogens (tertiary/aromatic N) is 2. The highest BCUT2D eigenvalue weighted by Crippen LogP contribution is 2.29. The van der Waals surface area contributed by atoms with Gasteiger partial charge in [-0.25, -0.2) is 9.59 Å². The van der Waals surface area contributed by atoms with Gasteiger partial charge in [0.05, 0.1) is 29.6 Å². The number of ether oxygens (including phenoxy) is 2. The molecule has 3 rings (SSSR count). The van der Waals surface area contributed by atoms with Crippen LogP contribution in [0.25, 0.3) is 0 Å². The Hall–Kier alpha value is -3.33. The molecular weight excluding hydrogens is 448 g/mol. The number of hydrogen-bond donors (Lipinski definition) is 2. The van der Waals surface area contributed by atoms with Crippen LogP contribution in [-0.4, -0.2) is 41.0 Å². The molecule has 0 bridgehead atoms. The summed E-state index contributed by atoms with van der Waals surface area (Å²) in [5.41, 5.74) is 3.85. The van der Waals surface area contributed by atoms with E-state index >= 15 is 0 Å². The largest absolute Gasteiger partial charge is 0.463 e. The fourth-order valence-corrected chi connectivity index (χ4v) is 3.84. The summed E-state index contributed by atoms with van der Waals surface area (Å²) in [6, 6.07) is 5.45. The molecule has 0 unspecified atom stereocenters. The van der Waals surface area contributed by atoms with Gasteiger partial charge < -0.3 is 20.1 Å². The predicted molar refractivity (Wildman–Crippen MR) is 121 cm³/mol. The minimum atomic E-state index is -0.774. The third-order valence-electron chi connectivity index (χ3n) is 5.47. The number of esters is 2. The highest BCUT2D eigenvalue weighted by molar-refractivity contribution is 6.30. The molecule has 0 saturated carbocycles. The quantitative estimate of drug-likeness (QED) is 0.569. The molecule has 1 atom stereocenters. The van der Waals surface area contributed by atoms with Gasteiger partial charge in [-0.3, -0.25) is 9.48 Å². The molecule has 0 radical (unpaired) electrons. The Balaban J connectivity index is 1.78. The van der Waals surface area contributed by atoms with Crippen molar-refractivity contribution in [1.29, 1.82) is 0 Å². The molecule has 2 aromatic rings. The third kappa shape index (κ3) is 5.73. The summed E-state index contributed by atoms with van der Waals surface area (Å²) < 4.78 is 12.4. The van der Waals surface area contributed by atoms with E-state index in [2.05, 4.69) is 15.7 Å². The zero-order chi connectivity index (χ0) is 24.1. The number of benzene rings is 1. The van der Waals surface area contributed by atoms with Crippen molar-refractivity contribution >= 4 is 29.6 Å². The van der Waals surface area contributed by atoms with Crippen molar-refractivity contribution in [3.63, 3.8) is 0 Å². The first-order valence-corrected chi connectivity index (χ1v) is 11.0. The molecule has 2 N–H and O–H groups in total. The number of halogens is 1. The normalized spacial score (nSPS) is 15.7. The van der Waals surface area contributed by atoms with Crippen molar-refractivity contribution in [2.45, 2.75) is 39.7 Å². The zero-order valence-electron chi connectivity index (χ0n) is 19.0. The zero-order valence-corrected chi connectivity index (χ0v) is 19.8. The number of urea groups is 1. The Morgan fingerprint density at radius 1 is 1.18 bits per heavy atom. The predicted octanol–water partition coefficient (Wildman–Crippen LogP) is 3.04. The van der Waals surface area contributed by atoms with E-state index in [1.165, 1.54) is 0 Å². The lowest BCUT2D eigenvalue weighted by atomic mass is 9.95. The van der Waals surface area contributed by atoms with Crippen LogP contribution in [0.2, 0.25) is 5.02 Å². The van der Waals surface area contributed by atoms with E-state index in [0.717, 1.165) is 17.0 Å². The molecule has 0 spiro atoms. The van der Waals surface area contributed by atoms with Gasteiger partial charge in [-0.2, -0.15) is 5.10 Å². The number of carbonyl (C=O) groups excluding carboxylic acids is 3. The van der Waals surface area contributed by atoms with Crippen LogP contribution in [0.3, 0.4) is 0 Å². The smallest absolute Gasteiger partial charge is 0.338 e. The van der Waals surface area contributed by atoms with Crippen molar-refractivity contribution in [3.8, 4) is 0 Å². The average Bonchev–Trinajstić information content (AvgIpc) is 3.01. The van der Waals surface area contributed by atoms with Gasteiger partial charge in [0.1, 0.15) is 6.61 Å². The molecule has 10 heteroatoms. The van der Waals surface area contributed by atoms with E-state index < -0.39 is 24.0 Å². The summed E-state index contributed by atoms with van der Waals surface area (Å²) in [4.78, 5) is 37.5. The molecule has 1 aromatic heterocycles. The lowest BCUT2D eigenvalue weighted by molar-refractivity contribution is -0.143. The van der Waals surface area contributed by atoms with Crippen molar-refractivity contribution in [3.05, 3.63) is 63.1 Å². The molecule has 176 valence electrons. The van der Waals surface area contributed by atoms with E-state index in [-0.39, 0.29) is 30.9 Å². The lowest BCUT2D eigenvalue weighted by Gasteiger charge is -2.29. The first-order valence-electron chi connectivity index (χ1n) is 10.6. The topological polar surface area (TPSA) is 112 Å². The lowest BCUT2D eigenvalue weighted by Crippen LogP contribution is -2.47. The minimum Gasteiger partial charge on any atom is -0.463 e. The van der Waals surface area contributed by atoms with Crippen molar-refractivity contribution < 1.29 is 23.9 Å². The van der Waals surface area contributed by atoms with Crippen LogP contribution in [0.5, 0.6) is 0 Å². The molecule has 1 aliphatic heterocycles. The molecule has 33 heavy (non-hydrogen) atoms. The van der Waals surface area contributed by atoms with Gasteiger partial charge in [0, 0.05) is 24.2 Å². The van der Waals surface area contributed by atoms with Gasteiger partial charge in [-0.1, -0.05) is 23.7 Å². The van der Waals surface area contributed by atoms with Crippen molar-refractivity contribution in [2.75, 3.05) is 13.2 Å². The van der Waals surface area contributed by atoms with Gasteiger partial charge in [0.15, 0.2) is 0 Å². The summed E-state index contributed by atoms with van der Waals surface area (Å²) in [6.07, 6.45) is 0.623. The summed E-state index contributed by atoms with van der Waals surface area (Å²) in [5, 5.41) is 10.2. The fourth-order valence-electron chi connectivity index (χ4n) is 3.72. The van der Waals surface area contributed by atoms with Crippen LogP contribution >= 0.6 is 11.6 Å². The Bertz CT molecular complexity index is 1090. The maximum atomic E-state index is 12.8. The number of nitrogens with one attached hydrogen (secondary N) is 2. The monoisotopic (exact) mass is 474 g/mol. The summed E-state index contributed by atoms with van der Waals surface area (Å²) in [6.45, 7) is 5.41. The number of aryl methyl sites for hydroxylation is 2. The third-order valence-corrected chi connectivity index (χ3v) is 5.72. The van der Waals surface area contributed by atoms with Gasteiger partial charge in [0.2, 0.25) is 0 Å². The second-order valence-corrected chi connectivity index (χ2v) is 8.07. The van der Waals surface area contributed by atoms with Crippen molar-refractivity contribution in [2.24, 2.45) is 7.05 Å². The highest BCUT2D eigenvalue weighted by Gasteiger charge is 2.34. The number of carbonyl (C=O) groups is 3. The molecule has 0 saturated heterocycles. The van der Waals surface area contributed by atoms with E-state index in [0.29, 0.717) is 17.0 Å². The maximum absolute atomic E-state index is 12.8. The van der Waals surface area contributed by atoms with Gasteiger partial charge >= 0.3 is 18.0 Å². The first-order chi connectivity index (χ1) is 15.7. The molecular formula is C23H27ClN4O5. The Morgan fingerprint density at radius 3 is 2.48 bits per heavy atom. The highest BCUT2D eigenvalue weighted by atomic mass is 35.5. The van der Waals surface area contributed by atoms with Crippen LogP contribution in [0, 0.1) is 13.8 Å². The number of hydrogen-bond acceptors (Lipinski definition) is 6. The van der Waals surface area contributed by atoms with Gasteiger partial charge in [-0.05, 0) is 50.5 Å². The van der Waals surface area contributed by atoms with Crippen LogP contribution < -0.4 is 10.6 Å². The van der Waals surface area contributed by atoms with Crippen LogP contribution in [0.1, 0.15) is 41.9 Å². The van der Waals surface area contributed by atoms with E-state index in [9.17, 15) is 14.4 Å². The fraction of sp³-hybridized carbons (Fsp3) is 0.391. The molecule has 0 aliphatic carbocycles. The van der Waals surface area contributed by atoms with Crippen LogP contribution in [0.4, 0.5) is 4.79 Å². The van der Waals surface area contributed by atoms with Gasteiger partial charge in [-0.15, -0.1) is 0 Å². The molecule has 1 aromatic carbocycles. The van der Waals surface area contributed by atoms with Crippen molar-refractivity contribution in [1.82, 2.24) is 20.4 Å². The number of rotatable bonds is 8. The Kier molecular flexibility index (Phi) is 7.75. The average molecular weight is 475 g/mol.